The van der Waals surface area contributed by atoms with Gasteiger partial charge in [-0.2, -0.15) is 0 Å². The summed E-state index contributed by atoms with van der Waals surface area (Å²) in [6, 6.07) is 14.5. The average molecular weight is 441 g/mol. The van der Waals surface area contributed by atoms with Crippen molar-refractivity contribution < 1.29 is 4.79 Å². The zero-order valence-electron chi connectivity index (χ0n) is 18.2. The molecule has 2 N–H and O–H groups in total. The normalized spacial score (nSPS) is 11.1. The summed E-state index contributed by atoms with van der Waals surface area (Å²) in [7, 11) is 0. The number of amides is 2. The van der Waals surface area contributed by atoms with Gasteiger partial charge in [0.2, 0.25) is 0 Å². The van der Waals surface area contributed by atoms with Crippen LogP contribution in [-0.2, 0) is 6.54 Å². The molecule has 164 valence electrons. The van der Waals surface area contributed by atoms with Gasteiger partial charge in [-0.15, -0.1) is 0 Å². The zero-order valence-corrected chi connectivity index (χ0v) is 19.0. The maximum Gasteiger partial charge on any atom is 0.322 e. The zero-order chi connectivity index (χ0) is 22.4. The maximum absolute atomic E-state index is 13.1. The van der Waals surface area contributed by atoms with Crippen LogP contribution in [0.4, 0.5) is 10.5 Å². The van der Waals surface area contributed by atoms with Crippen LogP contribution in [0.1, 0.15) is 25.0 Å². The molecule has 1 heterocycles. The molecule has 0 radical (unpaired) electrons. The molecule has 0 saturated heterocycles. The lowest BCUT2D eigenvalue weighted by atomic mass is 10.1. The van der Waals surface area contributed by atoms with Gasteiger partial charge in [0, 0.05) is 34.9 Å². The number of aromatic amines is 1. The first-order valence-electron chi connectivity index (χ1n) is 10.6. The molecule has 0 saturated carbocycles. The Labute approximate surface area is 187 Å². The Morgan fingerprint density at radius 2 is 1.84 bits per heavy atom. The standard InChI is InChI=1S/C24H29ClN4O2/c1-4-28(5-2)11-12-29(24(31)26-21-8-6-7-20(25)15-21)16-19-14-18-13-17(3)9-10-22(18)27-23(19)30/h6-10,13-15H,4-5,11-12,16H2,1-3H3,(H,26,31)(H,27,30). The number of aromatic nitrogens is 1. The summed E-state index contributed by atoms with van der Waals surface area (Å²) < 4.78 is 0. The first kappa shape index (κ1) is 22.8. The minimum absolute atomic E-state index is 0.181. The topological polar surface area (TPSA) is 68.4 Å². The van der Waals surface area contributed by atoms with Gasteiger partial charge in [0.15, 0.2) is 0 Å². The largest absolute Gasteiger partial charge is 0.322 e. The van der Waals surface area contributed by atoms with Crippen LogP contribution in [-0.4, -0.2) is 47.0 Å². The predicted molar refractivity (Wildman–Crippen MR) is 128 cm³/mol. The van der Waals surface area contributed by atoms with Gasteiger partial charge in [0.05, 0.1) is 6.54 Å². The quantitative estimate of drug-likeness (QED) is 0.525. The second kappa shape index (κ2) is 10.5. The van der Waals surface area contributed by atoms with Gasteiger partial charge in [-0.1, -0.05) is 43.1 Å². The van der Waals surface area contributed by atoms with Crippen molar-refractivity contribution in [3.05, 3.63) is 75.0 Å². The third kappa shape index (κ3) is 6.09. The lowest BCUT2D eigenvalue weighted by Crippen LogP contribution is -2.41. The third-order valence-electron chi connectivity index (χ3n) is 5.38. The van der Waals surface area contributed by atoms with Crippen LogP contribution >= 0.6 is 11.6 Å². The summed E-state index contributed by atoms with van der Waals surface area (Å²) in [5.41, 5.74) is 2.90. The lowest BCUT2D eigenvalue weighted by molar-refractivity contribution is 0.194. The first-order valence-corrected chi connectivity index (χ1v) is 10.9. The average Bonchev–Trinajstić information content (AvgIpc) is 2.74. The van der Waals surface area contributed by atoms with E-state index in [1.165, 1.54) is 0 Å². The number of rotatable bonds is 8. The van der Waals surface area contributed by atoms with Crippen LogP contribution in [0, 0.1) is 6.92 Å². The number of halogens is 1. The van der Waals surface area contributed by atoms with E-state index in [0.717, 1.165) is 36.1 Å². The Kier molecular flexibility index (Phi) is 7.71. The first-order chi connectivity index (χ1) is 14.9. The Bertz CT molecular complexity index is 1110. The molecule has 2 amide bonds. The van der Waals surface area contributed by atoms with Crippen molar-refractivity contribution >= 4 is 34.2 Å². The number of fused-ring (bicyclic) bond motifs is 1. The fourth-order valence-electron chi connectivity index (χ4n) is 3.52. The number of nitrogens with zero attached hydrogens (tertiary/aromatic N) is 2. The van der Waals surface area contributed by atoms with Crippen molar-refractivity contribution in [1.82, 2.24) is 14.8 Å². The van der Waals surface area contributed by atoms with Gasteiger partial charge in [-0.25, -0.2) is 4.79 Å². The molecule has 3 rings (SSSR count). The number of nitrogens with one attached hydrogen (secondary N) is 2. The molecule has 7 heteroatoms. The monoisotopic (exact) mass is 440 g/mol. The molecule has 6 nitrogen and oxygen atoms in total. The van der Waals surface area contributed by atoms with Crippen molar-refractivity contribution in [2.75, 3.05) is 31.5 Å². The number of benzene rings is 2. The number of hydrogen-bond donors (Lipinski definition) is 2. The van der Waals surface area contributed by atoms with Gasteiger partial charge in [-0.3, -0.25) is 4.79 Å². The summed E-state index contributed by atoms with van der Waals surface area (Å²) in [5, 5.41) is 4.40. The SMILES string of the molecule is CCN(CC)CCN(Cc1cc2cc(C)ccc2[nH]c1=O)C(=O)Nc1cccc(Cl)c1. The smallest absolute Gasteiger partial charge is 0.322 e. The highest BCUT2D eigenvalue weighted by molar-refractivity contribution is 6.30. The molecule has 31 heavy (non-hydrogen) atoms. The maximum atomic E-state index is 13.1. The number of anilines is 1. The molecule has 0 aliphatic heterocycles. The second-order valence-electron chi connectivity index (χ2n) is 7.60. The van der Waals surface area contributed by atoms with E-state index in [1.807, 2.05) is 31.2 Å². The molecule has 2 aromatic carbocycles. The molecule has 0 bridgehead atoms. The van der Waals surface area contributed by atoms with Crippen LogP contribution in [0.3, 0.4) is 0 Å². The molecule has 1 aromatic heterocycles. The summed E-state index contributed by atoms with van der Waals surface area (Å²) >= 11 is 6.05. The summed E-state index contributed by atoms with van der Waals surface area (Å²) in [5.74, 6) is 0. The van der Waals surface area contributed by atoms with E-state index in [0.29, 0.717) is 22.8 Å². The van der Waals surface area contributed by atoms with Crippen LogP contribution in [0.15, 0.2) is 53.3 Å². The van der Waals surface area contributed by atoms with Gasteiger partial charge < -0.3 is 20.1 Å². The number of likely N-dealkylation sites (N-methyl/N-ethyl adjacent to an activating group) is 1. The van der Waals surface area contributed by atoms with E-state index in [9.17, 15) is 9.59 Å². The third-order valence-corrected chi connectivity index (χ3v) is 5.62. The molecule has 0 fully saturated rings. The lowest BCUT2D eigenvalue weighted by Gasteiger charge is -2.26. The van der Waals surface area contributed by atoms with Crippen molar-refractivity contribution in [2.45, 2.75) is 27.3 Å². The highest BCUT2D eigenvalue weighted by Crippen LogP contribution is 2.17. The van der Waals surface area contributed by atoms with Gasteiger partial charge in [-0.05, 0) is 61.8 Å². The predicted octanol–water partition coefficient (Wildman–Crippen LogP) is 4.87. The number of H-pyrrole nitrogens is 1. The molecular formula is C24H29ClN4O2. The molecule has 0 unspecified atom stereocenters. The minimum atomic E-state index is -0.266. The van der Waals surface area contributed by atoms with Crippen LogP contribution < -0.4 is 10.9 Å². The Morgan fingerprint density at radius 1 is 1.06 bits per heavy atom. The summed E-state index contributed by atoms with van der Waals surface area (Å²) in [6.45, 7) is 9.44. The highest BCUT2D eigenvalue weighted by Gasteiger charge is 2.17. The second-order valence-corrected chi connectivity index (χ2v) is 8.04. The van der Waals surface area contributed by atoms with E-state index in [2.05, 4.69) is 29.0 Å². The minimum Gasteiger partial charge on any atom is -0.322 e. The molecule has 0 aliphatic rings. The van der Waals surface area contributed by atoms with E-state index < -0.39 is 0 Å². The van der Waals surface area contributed by atoms with E-state index >= 15 is 0 Å². The molecular weight excluding hydrogens is 412 g/mol. The van der Waals surface area contributed by atoms with Crippen LogP contribution in [0.25, 0.3) is 10.9 Å². The number of carbonyl (C=O) groups is 1. The van der Waals surface area contributed by atoms with Crippen LogP contribution in [0.5, 0.6) is 0 Å². The number of carbonyl (C=O) groups excluding carboxylic acids is 1. The molecule has 0 atom stereocenters. The Balaban J connectivity index is 1.86. The van der Waals surface area contributed by atoms with Crippen molar-refractivity contribution in [3.8, 4) is 0 Å². The van der Waals surface area contributed by atoms with E-state index in [4.69, 9.17) is 11.6 Å². The number of hydrogen-bond acceptors (Lipinski definition) is 3. The van der Waals surface area contributed by atoms with Gasteiger partial charge in [0.25, 0.3) is 5.56 Å². The van der Waals surface area contributed by atoms with Crippen LogP contribution in [0.2, 0.25) is 5.02 Å². The molecule has 3 aromatic rings. The van der Waals surface area contributed by atoms with Gasteiger partial charge >= 0.3 is 6.03 Å². The summed E-state index contributed by atoms with van der Waals surface area (Å²) in [4.78, 5) is 32.6. The summed E-state index contributed by atoms with van der Waals surface area (Å²) in [6.07, 6.45) is 0. The highest BCUT2D eigenvalue weighted by atomic mass is 35.5. The number of urea groups is 1. The van der Waals surface area contributed by atoms with Crippen molar-refractivity contribution in [2.24, 2.45) is 0 Å². The molecule has 0 aliphatic carbocycles. The van der Waals surface area contributed by atoms with E-state index in [-0.39, 0.29) is 18.1 Å². The fraction of sp³-hybridized carbons (Fsp3) is 0.333. The van der Waals surface area contributed by atoms with Crippen molar-refractivity contribution in [3.63, 3.8) is 0 Å². The Morgan fingerprint density at radius 3 is 2.55 bits per heavy atom. The van der Waals surface area contributed by atoms with Gasteiger partial charge in [0.1, 0.15) is 0 Å². The molecule has 0 spiro atoms. The Hall–Kier alpha value is -2.83. The number of aryl methyl sites for hydroxylation is 1. The van der Waals surface area contributed by atoms with E-state index in [1.54, 1.807) is 29.2 Å². The fourth-order valence-corrected chi connectivity index (χ4v) is 3.71. The van der Waals surface area contributed by atoms with Crippen molar-refractivity contribution in [1.29, 1.82) is 0 Å². The number of pyridine rings is 1.